The summed E-state index contributed by atoms with van der Waals surface area (Å²) in [5.41, 5.74) is 1.39. The second-order valence-electron chi connectivity index (χ2n) is 5.07. The van der Waals surface area contributed by atoms with Crippen molar-refractivity contribution < 1.29 is 4.79 Å². The van der Waals surface area contributed by atoms with E-state index in [0.717, 1.165) is 18.6 Å². The first kappa shape index (κ1) is 12.5. The molecule has 1 aliphatic rings. The molecular formula is C14H19NOS. The van der Waals surface area contributed by atoms with Crippen molar-refractivity contribution in [2.45, 2.75) is 25.8 Å². The fraction of sp³-hybridized carbons (Fsp3) is 0.500. The molecule has 1 fully saturated rings. The summed E-state index contributed by atoms with van der Waals surface area (Å²) in [5.74, 6) is 1.07. The van der Waals surface area contributed by atoms with Crippen LogP contribution in [0.2, 0.25) is 0 Å². The normalized spacial score (nSPS) is 16.6. The highest BCUT2D eigenvalue weighted by Gasteiger charge is 2.43. The average Bonchev–Trinajstić information content (AvgIpc) is 3.11. The fourth-order valence-electron chi connectivity index (χ4n) is 1.97. The molecule has 2 nitrogen and oxygen atoms in total. The van der Waals surface area contributed by atoms with Crippen molar-refractivity contribution in [2.24, 2.45) is 5.41 Å². The molecule has 1 aliphatic carbocycles. The van der Waals surface area contributed by atoms with Gasteiger partial charge in [-0.3, -0.25) is 4.79 Å². The Bertz CT molecular complexity index is 386. The van der Waals surface area contributed by atoms with E-state index in [9.17, 15) is 4.79 Å². The number of nitrogens with zero attached hydrogens (tertiary/aromatic N) is 1. The van der Waals surface area contributed by atoms with E-state index in [1.165, 1.54) is 5.56 Å². The van der Waals surface area contributed by atoms with E-state index in [-0.39, 0.29) is 11.3 Å². The van der Waals surface area contributed by atoms with Crippen LogP contribution >= 0.6 is 12.6 Å². The van der Waals surface area contributed by atoms with Crippen molar-refractivity contribution in [3.05, 3.63) is 35.9 Å². The number of carbonyl (C=O) groups excluding carboxylic acids is 1. The van der Waals surface area contributed by atoms with E-state index in [0.29, 0.717) is 13.0 Å². The molecule has 3 heteroatoms. The Morgan fingerprint density at radius 1 is 1.35 bits per heavy atom. The fourth-order valence-corrected chi connectivity index (χ4v) is 2.40. The van der Waals surface area contributed by atoms with Gasteiger partial charge < -0.3 is 4.90 Å². The summed E-state index contributed by atoms with van der Waals surface area (Å²) in [4.78, 5) is 13.9. The molecule has 17 heavy (non-hydrogen) atoms. The summed E-state index contributed by atoms with van der Waals surface area (Å²) in [5, 5.41) is 0. The highest BCUT2D eigenvalue weighted by atomic mass is 32.1. The van der Waals surface area contributed by atoms with E-state index in [4.69, 9.17) is 0 Å². The molecule has 0 heterocycles. The quantitative estimate of drug-likeness (QED) is 0.796. The van der Waals surface area contributed by atoms with E-state index >= 15 is 0 Å². The van der Waals surface area contributed by atoms with Crippen LogP contribution in [-0.2, 0) is 11.3 Å². The zero-order valence-electron chi connectivity index (χ0n) is 10.2. The number of benzene rings is 1. The average molecular weight is 249 g/mol. The maximum absolute atomic E-state index is 12.1. The van der Waals surface area contributed by atoms with Gasteiger partial charge in [0.15, 0.2) is 0 Å². The molecule has 0 spiro atoms. The number of hydrogen-bond acceptors (Lipinski definition) is 2. The van der Waals surface area contributed by atoms with Gasteiger partial charge in [-0.25, -0.2) is 0 Å². The van der Waals surface area contributed by atoms with E-state index < -0.39 is 0 Å². The Morgan fingerprint density at radius 3 is 2.53 bits per heavy atom. The Hall–Kier alpha value is -0.960. The third kappa shape index (κ3) is 3.25. The first-order valence-electron chi connectivity index (χ1n) is 6.04. The Balaban J connectivity index is 1.87. The molecule has 0 unspecified atom stereocenters. The third-order valence-electron chi connectivity index (χ3n) is 3.51. The van der Waals surface area contributed by atoms with Gasteiger partial charge in [-0.15, -0.1) is 0 Å². The summed E-state index contributed by atoms with van der Waals surface area (Å²) in [7, 11) is 1.88. The van der Waals surface area contributed by atoms with Gasteiger partial charge in [0.2, 0.25) is 5.91 Å². The van der Waals surface area contributed by atoms with E-state index in [2.05, 4.69) is 24.8 Å². The van der Waals surface area contributed by atoms with Crippen molar-refractivity contribution in [3.63, 3.8) is 0 Å². The third-order valence-corrected chi connectivity index (χ3v) is 4.18. The maximum Gasteiger partial charge on any atom is 0.223 e. The summed E-state index contributed by atoms with van der Waals surface area (Å²) in [6, 6.07) is 10.1. The number of carbonyl (C=O) groups is 1. The van der Waals surface area contributed by atoms with Gasteiger partial charge in [0.05, 0.1) is 0 Å². The topological polar surface area (TPSA) is 20.3 Å². The first-order chi connectivity index (χ1) is 8.15. The highest BCUT2D eigenvalue weighted by molar-refractivity contribution is 7.80. The second kappa shape index (κ2) is 5.13. The summed E-state index contributed by atoms with van der Waals surface area (Å²) in [6.45, 7) is 0.697. The van der Waals surface area contributed by atoms with Crippen LogP contribution in [0.1, 0.15) is 24.8 Å². The molecule has 2 rings (SSSR count). The molecule has 1 amide bonds. The maximum atomic E-state index is 12.1. The molecular weight excluding hydrogens is 230 g/mol. The van der Waals surface area contributed by atoms with Crippen LogP contribution in [0.3, 0.4) is 0 Å². The lowest BCUT2D eigenvalue weighted by Crippen LogP contribution is -2.28. The lowest BCUT2D eigenvalue weighted by molar-refractivity contribution is -0.131. The van der Waals surface area contributed by atoms with Crippen molar-refractivity contribution in [2.75, 3.05) is 12.8 Å². The predicted molar refractivity (Wildman–Crippen MR) is 73.1 cm³/mol. The molecule has 0 atom stereocenters. The summed E-state index contributed by atoms with van der Waals surface area (Å²) < 4.78 is 0. The van der Waals surface area contributed by atoms with Crippen LogP contribution in [0.4, 0.5) is 0 Å². The van der Waals surface area contributed by atoms with Crippen molar-refractivity contribution in [3.8, 4) is 0 Å². The largest absolute Gasteiger partial charge is 0.341 e. The van der Waals surface area contributed by atoms with Crippen molar-refractivity contribution in [1.82, 2.24) is 4.90 Å². The molecule has 0 aromatic heterocycles. The number of thiol groups is 1. The lowest BCUT2D eigenvalue weighted by Gasteiger charge is -2.20. The van der Waals surface area contributed by atoms with Gasteiger partial charge >= 0.3 is 0 Å². The number of rotatable bonds is 5. The molecule has 0 radical (unpaired) electrons. The molecule has 0 aliphatic heterocycles. The van der Waals surface area contributed by atoms with Gasteiger partial charge in [0, 0.05) is 20.0 Å². The minimum atomic E-state index is 0.213. The monoisotopic (exact) mass is 249 g/mol. The lowest BCUT2D eigenvalue weighted by atomic mass is 10.0. The highest BCUT2D eigenvalue weighted by Crippen LogP contribution is 2.49. The van der Waals surface area contributed by atoms with Crippen molar-refractivity contribution in [1.29, 1.82) is 0 Å². The summed E-state index contributed by atoms with van der Waals surface area (Å²) in [6.07, 6.45) is 2.96. The minimum Gasteiger partial charge on any atom is -0.341 e. The summed E-state index contributed by atoms with van der Waals surface area (Å²) >= 11 is 4.34. The van der Waals surface area contributed by atoms with E-state index in [1.54, 1.807) is 0 Å². The van der Waals surface area contributed by atoms with Crippen LogP contribution < -0.4 is 0 Å². The zero-order chi connectivity index (χ0) is 12.3. The predicted octanol–water partition coefficient (Wildman–Crippen LogP) is 2.75. The standard InChI is InChI=1S/C14H19NOS/c1-15(10-12-5-3-2-4-6-12)13(16)9-14(11-17)7-8-14/h2-6,17H,7-11H2,1H3. The SMILES string of the molecule is CN(Cc1ccccc1)C(=O)CC1(CS)CC1. The Morgan fingerprint density at radius 2 is 2.00 bits per heavy atom. The van der Waals surface area contributed by atoms with E-state index in [1.807, 2.05) is 30.1 Å². The van der Waals surface area contributed by atoms with Gasteiger partial charge in [-0.1, -0.05) is 30.3 Å². The molecule has 0 N–H and O–H groups in total. The van der Waals surface area contributed by atoms with Crippen molar-refractivity contribution >= 4 is 18.5 Å². The van der Waals surface area contributed by atoms with Gasteiger partial charge in [-0.2, -0.15) is 12.6 Å². The van der Waals surface area contributed by atoms with Crippen LogP contribution in [0, 0.1) is 5.41 Å². The molecule has 92 valence electrons. The Kier molecular flexibility index (Phi) is 3.77. The van der Waals surface area contributed by atoms with Crippen LogP contribution in [-0.4, -0.2) is 23.6 Å². The number of amides is 1. The number of hydrogen-bond donors (Lipinski definition) is 1. The minimum absolute atomic E-state index is 0.213. The van der Waals surface area contributed by atoms with Crippen LogP contribution in [0.25, 0.3) is 0 Å². The van der Waals surface area contributed by atoms with Crippen LogP contribution in [0.5, 0.6) is 0 Å². The van der Waals surface area contributed by atoms with Gasteiger partial charge in [0.25, 0.3) is 0 Å². The molecule has 0 saturated heterocycles. The second-order valence-corrected chi connectivity index (χ2v) is 5.39. The van der Waals surface area contributed by atoms with Gasteiger partial charge in [-0.05, 0) is 29.6 Å². The smallest absolute Gasteiger partial charge is 0.223 e. The van der Waals surface area contributed by atoms with Gasteiger partial charge in [0.1, 0.15) is 0 Å². The molecule has 1 aromatic rings. The zero-order valence-corrected chi connectivity index (χ0v) is 11.1. The Labute approximate surface area is 108 Å². The van der Waals surface area contributed by atoms with Crippen LogP contribution in [0.15, 0.2) is 30.3 Å². The first-order valence-corrected chi connectivity index (χ1v) is 6.67. The molecule has 1 saturated carbocycles. The molecule has 0 bridgehead atoms. The molecule has 1 aromatic carbocycles.